The number of nitrogens with zero attached hydrogens (tertiary/aromatic N) is 5. The number of sulfonamides is 1. The molecule has 13 heteroatoms. The summed E-state index contributed by atoms with van der Waals surface area (Å²) in [6, 6.07) is 6.50. The number of nitrogens with one attached hydrogen (secondary N) is 2. The van der Waals surface area contributed by atoms with Crippen molar-refractivity contribution in [2.75, 3.05) is 30.4 Å². The number of hydrogen-bond donors (Lipinski definition) is 2. The lowest BCUT2D eigenvalue weighted by molar-refractivity contribution is 0.258. The molecule has 0 aliphatic carbocycles. The number of carbonyl (C=O) groups is 1. The van der Waals surface area contributed by atoms with Gasteiger partial charge in [-0.2, -0.15) is 0 Å². The number of amides is 2. The van der Waals surface area contributed by atoms with Crippen LogP contribution in [-0.2, 0) is 16.6 Å². The Labute approximate surface area is 184 Å². The summed E-state index contributed by atoms with van der Waals surface area (Å²) in [7, 11) is -2.25. The zero-order valence-corrected chi connectivity index (χ0v) is 18.9. The van der Waals surface area contributed by atoms with Crippen LogP contribution in [0, 0.1) is 6.92 Å². The Kier molecular flexibility index (Phi) is 7.20. The molecule has 0 radical (unpaired) electrons. The molecule has 2 N–H and O–H groups in total. The first kappa shape index (κ1) is 22.7. The molecule has 0 saturated carbocycles. The number of ether oxygens (including phenoxy) is 1. The predicted molar refractivity (Wildman–Crippen MR) is 117 cm³/mol. The van der Waals surface area contributed by atoms with Gasteiger partial charge in [0.15, 0.2) is 9.34 Å². The molecule has 0 saturated heterocycles. The van der Waals surface area contributed by atoms with Crippen LogP contribution in [0.1, 0.15) is 12.6 Å². The molecule has 166 valence electrons. The monoisotopic (exact) mass is 465 g/mol. The van der Waals surface area contributed by atoms with Gasteiger partial charge in [-0.15, -0.1) is 5.10 Å². The Balaban J connectivity index is 1.64. The summed E-state index contributed by atoms with van der Waals surface area (Å²) in [5.74, 6) is 0.704. The third-order valence-electron chi connectivity index (χ3n) is 4.10. The van der Waals surface area contributed by atoms with Gasteiger partial charge in [0.25, 0.3) is 10.0 Å². The number of aromatic nitrogens is 4. The zero-order valence-electron chi connectivity index (χ0n) is 17.3. The standard InChI is InChI=1S/C18H23N7O4S2/c1-4-29-15-7-5-14(6-8-15)22-17(26)24(3)18-21-13(2)16(30-18)31(27,28)20-10-12-25-11-9-19-23-25/h5-9,11,20H,4,10,12H2,1-3H3,(H,22,26). The third-order valence-corrected chi connectivity index (χ3v) is 7.40. The van der Waals surface area contributed by atoms with Crippen LogP contribution in [0.5, 0.6) is 5.75 Å². The van der Waals surface area contributed by atoms with E-state index in [-0.39, 0.29) is 15.9 Å². The van der Waals surface area contributed by atoms with Gasteiger partial charge < -0.3 is 10.1 Å². The number of thiazole rings is 1. The molecule has 2 amide bonds. The molecule has 0 atom stereocenters. The Morgan fingerprint density at radius 2 is 2.03 bits per heavy atom. The number of urea groups is 1. The van der Waals surface area contributed by atoms with Crippen LogP contribution in [0.4, 0.5) is 15.6 Å². The van der Waals surface area contributed by atoms with Crippen molar-refractivity contribution in [1.82, 2.24) is 24.7 Å². The molecule has 0 bridgehead atoms. The summed E-state index contributed by atoms with van der Waals surface area (Å²) in [5, 5.41) is 10.5. The summed E-state index contributed by atoms with van der Waals surface area (Å²) < 4.78 is 34.8. The quantitative estimate of drug-likeness (QED) is 0.495. The minimum absolute atomic E-state index is 0.0572. The fraction of sp³-hybridized carbons (Fsp3) is 0.333. The average Bonchev–Trinajstić information content (AvgIpc) is 3.39. The molecule has 0 unspecified atom stereocenters. The van der Waals surface area contributed by atoms with Gasteiger partial charge >= 0.3 is 6.03 Å². The molecule has 0 aliphatic rings. The molecule has 2 aromatic heterocycles. The molecular formula is C18H23N7O4S2. The maximum atomic E-state index is 12.6. The zero-order chi connectivity index (χ0) is 22.4. The lowest BCUT2D eigenvalue weighted by Gasteiger charge is -2.15. The highest BCUT2D eigenvalue weighted by molar-refractivity contribution is 7.91. The van der Waals surface area contributed by atoms with Gasteiger partial charge in [0.2, 0.25) is 0 Å². The average molecular weight is 466 g/mol. The Morgan fingerprint density at radius 3 is 2.68 bits per heavy atom. The van der Waals surface area contributed by atoms with E-state index in [1.807, 2.05) is 6.92 Å². The minimum atomic E-state index is -3.78. The minimum Gasteiger partial charge on any atom is -0.494 e. The summed E-state index contributed by atoms with van der Waals surface area (Å²) in [6.07, 6.45) is 3.16. The number of carbonyl (C=O) groups excluding carboxylic acids is 1. The number of aryl methyl sites for hydroxylation is 1. The number of benzene rings is 1. The van der Waals surface area contributed by atoms with Gasteiger partial charge in [0, 0.05) is 25.5 Å². The third kappa shape index (κ3) is 5.77. The van der Waals surface area contributed by atoms with Gasteiger partial charge in [0.1, 0.15) is 5.75 Å². The molecular weight excluding hydrogens is 442 g/mol. The van der Waals surface area contributed by atoms with E-state index in [9.17, 15) is 13.2 Å². The van der Waals surface area contributed by atoms with Crippen molar-refractivity contribution in [3.63, 3.8) is 0 Å². The maximum absolute atomic E-state index is 12.6. The van der Waals surface area contributed by atoms with E-state index in [2.05, 4.69) is 25.3 Å². The van der Waals surface area contributed by atoms with Crippen LogP contribution in [0.3, 0.4) is 0 Å². The van der Waals surface area contributed by atoms with Crippen LogP contribution in [-0.4, -0.2) is 54.6 Å². The highest BCUT2D eigenvalue weighted by atomic mass is 32.2. The SMILES string of the molecule is CCOc1ccc(NC(=O)N(C)c2nc(C)c(S(=O)(=O)NCCn3ccnn3)s2)cc1. The number of rotatable bonds is 9. The van der Waals surface area contributed by atoms with Crippen molar-refractivity contribution in [3.8, 4) is 5.75 Å². The van der Waals surface area contributed by atoms with Crippen LogP contribution >= 0.6 is 11.3 Å². The van der Waals surface area contributed by atoms with E-state index in [1.54, 1.807) is 37.4 Å². The second kappa shape index (κ2) is 9.85. The largest absolute Gasteiger partial charge is 0.494 e. The first-order chi connectivity index (χ1) is 14.8. The molecule has 11 nitrogen and oxygen atoms in total. The van der Waals surface area contributed by atoms with Crippen molar-refractivity contribution < 1.29 is 17.9 Å². The van der Waals surface area contributed by atoms with Gasteiger partial charge in [-0.1, -0.05) is 16.6 Å². The predicted octanol–water partition coefficient (Wildman–Crippen LogP) is 2.09. The van der Waals surface area contributed by atoms with Gasteiger partial charge in [-0.05, 0) is 38.1 Å². The van der Waals surface area contributed by atoms with E-state index in [4.69, 9.17) is 4.74 Å². The van der Waals surface area contributed by atoms with Crippen LogP contribution < -0.4 is 19.7 Å². The molecule has 3 rings (SSSR count). The summed E-state index contributed by atoms with van der Waals surface area (Å²) in [4.78, 5) is 18.1. The van der Waals surface area contributed by atoms with E-state index in [1.165, 1.54) is 22.8 Å². The lowest BCUT2D eigenvalue weighted by atomic mass is 10.3. The fourth-order valence-electron chi connectivity index (χ4n) is 2.57. The lowest BCUT2D eigenvalue weighted by Crippen LogP contribution is -2.31. The molecule has 3 aromatic rings. The molecule has 31 heavy (non-hydrogen) atoms. The van der Waals surface area contributed by atoms with Crippen LogP contribution in [0.25, 0.3) is 0 Å². The molecule has 1 aromatic carbocycles. The first-order valence-corrected chi connectivity index (χ1v) is 11.7. The molecule has 2 heterocycles. The highest BCUT2D eigenvalue weighted by Gasteiger charge is 2.24. The summed E-state index contributed by atoms with van der Waals surface area (Å²) in [5.41, 5.74) is 0.894. The van der Waals surface area contributed by atoms with E-state index >= 15 is 0 Å². The van der Waals surface area contributed by atoms with E-state index in [0.717, 1.165) is 11.3 Å². The molecule has 0 fully saturated rings. The molecule has 0 aliphatic heterocycles. The van der Waals surface area contributed by atoms with Crippen molar-refractivity contribution in [2.45, 2.75) is 24.6 Å². The maximum Gasteiger partial charge on any atom is 0.327 e. The second-order valence-corrected chi connectivity index (χ2v) is 9.32. The van der Waals surface area contributed by atoms with Gasteiger partial charge in [-0.25, -0.2) is 22.9 Å². The van der Waals surface area contributed by atoms with Crippen LogP contribution in [0.15, 0.2) is 40.9 Å². The normalized spacial score (nSPS) is 11.3. The first-order valence-electron chi connectivity index (χ1n) is 9.39. The highest BCUT2D eigenvalue weighted by Crippen LogP contribution is 2.29. The molecule has 0 spiro atoms. The van der Waals surface area contributed by atoms with E-state index in [0.29, 0.717) is 30.3 Å². The Bertz CT molecular complexity index is 1110. The Morgan fingerprint density at radius 1 is 1.29 bits per heavy atom. The van der Waals surface area contributed by atoms with Crippen molar-refractivity contribution >= 4 is 38.2 Å². The van der Waals surface area contributed by atoms with Crippen molar-refractivity contribution in [2.24, 2.45) is 0 Å². The van der Waals surface area contributed by atoms with Crippen LogP contribution in [0.2, 0.25) is 0 Å². The summed E-state index contributed by atoms with van der Waals surface area (Å²) in [6.45, 7) is 4.52. The van der Waals surface area contributed by atoms with Crippen molar-refractivity contribution in [1.29, 1.82) is 0 Å². The Hall–Kier alpha value is -3.03. The smallest absolute Gasteiger partial charge is 0.327 e. The van der Waals surface area contributed by atoms with Gasteiger partial charge in [-0.3, -0.25) is 9.58 Å². The number of anilines is 2. The van der Waals surface area contributed by atoms with Gasteiger partial charge in [0.05, 0.1) is 25.0 Å². The van der Waals surface area contributed by atoms with Crippen molar-refractivity contribution in [3.05, 3.63) is 42.4 Å². The summed E-state index contributed by atoms with van der Waals surface area (Å²) >= 11 is 0.919. The van der Waals surface area contributed by atoms with E-state index < -0.39 is 16.1 Å². The number of hydrogen-bond acceptors (Lipinski definition) is 8. The second-order valence-electron chi connectivity index (χ2n) is 6.38. The topological polar surface area (TPSA) is 131 Å². The fourth-order valence-corrected chi connectivity index (χ4v) is 5.10.